The topological polar surface area (TPSA) is 41.6 Å². The molecule has 0 bridgehead atoms. The number of hydrogen-bond donors (Lipinski definition) is 1. The lowest BCUT2D eigenvalue weighted by atomic mass is 9.95. The van der Waals surface area contributed by atoms with E-state index in [1.54, 1.807) is 0 Å². The highest BCUT2D eigenvalue weighted by molar-refractivity contribution is 6.30. The van der Waals surface area contributed by atoms with Crippen molar-refractivity contribution in [1.29, 1.82) is 0 Å². The van der Waals surface area contributed by atoms with Crippen LogP contribution in [0.2, 0.25) is 5.02 Å². The van der Waals surface area contributed by atoms with Crippen LogP contribution in [0.15, 0.2) is 24.3 Å². The smallest absolute Gasteiger partial charge is 0.226 e. The van der Waals surface area contributed by atoms with Gasteiger partial charge in [0.1, 0.15) is 0 Å². The number of ether oxygens (including phenoxy) is 1. The Kier molecular flexibility index (Phi) is 6.50. The van der Waals surface area contributed by atoms with E-state index in [1.807, 2.05) is 29.2 Å². The van der Waals surface area contributed by atoms with E-state index in [2.05, 4.69) is 5.32 Å². The van der Waals surface area contributed by atoms with Crippen LogP contribution in [0.1, 0.15) is 24.4 Å². The fraction of sp³-hybridized carbons (Fsp3) is 0.562. The fourth-order valence-corrected chi connectivity index (χ4v) is 3.36. The summed E-state index contributed by atoms with van der Waals surface area (Å²) in [5.74, 6) is 0.378. The first kappa shape index (κ1) is 17.5. The van der Waals surface area contributed by atoms with Crippen LogP contribution in [0.5, 0.6) is 0 Å². The molecule has 122 valence electrons. The molecule has 1 N–H and O–H groups in total. The third kappa shape index (κ3) is 3.93. The first-order valence-electron chi connectivity index (χ1n) is 7.60. The Morgan fingerprint density at radius 1 is 1.32 bits per heavy atom. The number of halogens is 2. The molecule has 2 aliphatic rings. The summed E-state index contributed by atoms with van der Waals surface area (Å²) < 4.78 is 5.36. The van der Waals surface area contributed by atoms with Crippen LogP contribution in [-0.2, 0) is 9.53 Å². The molecule has 0 radical (unpaired) electrons. The summed E-state index contributed by atoms with van der Waals surface area (Å²) in [6.07, 6.45) is 1.68. The van der Waals surface area contributed by atoms with Crippen molar-refractivity contribution in [2.45, 2.75) is 18.9 Å². The third-order valence-corrected chi connectivity index (χ3v) is 4.57. The molecule has 0 aromatic heterocycles. The quantitative estimate of drug-likeness (QED) is 0.896. The van der Waals surface area contributed by atoms with Gasteiger partial charge in [0, 0.05) is 43.8 Å². The number of rotatable bonds is 2. The predicted molar refractivity (Wildman–Crippen MR) is 89.6 cm³/mol. The molecule has 2 saturated heterocycles. The highest BCUT2D eigenvalue weighted by atomic mass is 35.5. The molecule has 3 rings (SSSR count). The van der Waals surface area contributed by atoms with Crippen molar-refractivity contribution in [3.8, 4) is 0 Å². The number of benzene rings is 1. The maximum Gasteiger partial charge on any atom is 0.226 e. The molecule has 0 saturated carbocycles. The summed E-state index contributed by atoms with van der Waals surface area (Å²) in [7, 11) is 0. The lowest BCUT2D eigenvalue weighted by Gasteiger charge is -2.39. The zero-order chi connectivity index (χ0) is 14.7. The van der Waals surface area contributed by atoms with Crippen molar-refractivity contribution in [2.75, 3.05) is 32.8 Å². The highest BCUT2D eigenvalue weighted by Gasteiger charge is 2.33. The van der Waals surface area contributed by atoms with Crippen LogP contribution in [0.4, 0.5) is 0 Å². The first-order chi connectivity index (χ1) is 10.3. The van der Waals surface area contributed by atoms with Crippen molar-refractivity contribution in [1.82, 2.24) is 10.2 Å². The van der Waals surface area contributed by atoms with Crippen molar-refractivity contribution in [3.05, 3.63) is 34.9 Å². The van der Waals surface area contributed by atoms with Gasteiger partial charge in [0.05, 0.1) is 6.04 Å². The van der Waals surface area contributed by atoms with Crippen molar-refractivity contribution in [2.24, 2.45) is 5.92 Å². The fourth-order valence-electron chi connectivity index (χ4n) is 3.16. The Labute approximate surface area is 142 Å². The van der Waals surface area contributed by atoms with Crippen LogP contribution in [0.3, 0.4) is 0 Å². The van der Waals surface area contributed by atoms with E-state index in [4.69, 9.17) is 16.3 Å². The van der Waals surface area contributed by atoms with Gasteiger partial charge in [-0.3, -0.25) is 4.79 Å². The van der Waals surface area contributed by atoms with Gasteiger partial charge in [-0.1, -0.05) is 23.7 Å². The van der Waals surface area contributed by atoms with Gasteiger partial charge in [0.2, 0.25) is 5.91 Å². The van der Waals surface area contributed by atoms with E-state index in [-0.39, 0.29) is 30.3 Å². The normalized spacial score (nSPS) is 23.0. The molecule has 4 nitrogen and oxygen atoms in total. The van der Waals surface area contributed by atoms with Gasteiger partial charge in [-0.15, -0.1) is 12.4 Å². The summed E-state index contributed by atoms with van der Waals surface area (Å²) in [4.78, 5) is 14.9. The SMILES string of the molecule is Cl.O=C(C1CCOCC1)N1CCNCC1c1cccc(Cl)c1. The Balaban J connectivity index is 0.00000176. The van der Waals surface area contributed by atoms with Gasteiger partial charge < -0.3 is 15.0 Å². The number of hydrogen-bond acceptors (Lipinski definition) is 3. The van der Waals surface area contributed by atoms with E-state index in [0.29, 0.717) is 13.2 Å². The maximum absolute atomic E-state index is 12.8. The Hall–Kier alpha value is -0.810. The standard InChI is InChI=1S/C16H21ClN2O2.ClH/c17-14-3-1-2-13(10-14)15-11-18-6-7-19(15)16(20)12-4-8-21-9-5-12;/h1-3,10,12,15,18H,4-9,11H2;1H. The number of nitrogens with zero attached hydrogens (tertiary/aromatic N) is 1. The van der Waals surface area contributed by atoms with Gasteiger partial charge >= 0.3 is 0 Å². The molecule has 22 heavy (non-hydrogen) atoms. The van der Waals surface area contributed by atoms with E-state index in [0.717, 1.165) is 43.1 Å². The van der Waals surface area contributed by atoms with Gasteiger partial charge in [0.25, 0.3) is 0 Å². The number of carbonyl (C=O) groups is 1. The van der Waals surface area contributed by atoms with Gasteiger partial charge in [-0.2, -0.15) is 0 Å². The summed E-state index contributed by atoms with van der Waals surface area (Å²) >= 11 is 6.10. The van der Waals surface area contributed by atoms with Crippen LogP contribution in [0.25, 0.3) is 0 Å². The largest absolute Gasteiger partial charge is 0.381 e. The molecule has 1 aromatic rings. The highest BCUT2D eigenvalue weighted by Crippen LogP contribution is 2.28. The Morgan fingerprint density at radius 3 is 2.82 bits per heavy atom. The molecule has 6 heteroatoms. The van der Waals surface area contributed by atoms with E-state index in [9.17, 15) is 4.79 Å². The average molecular weight is 345 g/mol. The molecular weight excluding hydrogens is 323 g/mol. The molecule has 2 aliphatic heterocycles. The Bertz CT molecular complexity index is 507. The number of amides is 1. The molecule has 1 amide bonds. The molecule has 0 aliphatic carbocycles. The summed E-state index contributed by atoms with van der Waals surface area (Å²) in [6.45, 7) is 3.79. The summed E-state index contributed by atoms with van der Waals surface area (Å²) in [5, 5.41) is 4.10. The second kappa shape index (κ2) is 8.16. The number of carbonyl (C=O) groups excluding carboxylic acids is 1. The second-order valence-corrected chi connectivity index (χ2v) is 6.13. The molecule has 1 unspecified atom stereocenters. The van der Waals surface area contributed by atoms with E-state index in [1.165, 1.54) is 0 Å². The van der Waals surface area contributed by atoms with Gasteiger partial charge in [-0.05, 0) is 30.5 Å². The third-order valence-electron chi connectivity index (χ3n) is 4.33. The second-order valence-electron chi connectivity index (χ2n) is 5.69. The summed E-state index contributed by atoms with van der Waals surface area (Å²) in [6, 6.07) is 7.90. The van der Waals surface area contributed by atoms with E-state index >= 15 is 0 Å². The molecule has 2 fully saturated rings. The minimum Gasteiger partial charge on any atom is -0.381 e. The maximum atomic E-state index is 12.8. The van der Waals surface area contributed by atoms with Crippen LogP contribution >= 0.6 is 24.0 Å². The number of piperazine rings is 1. The van der Waals surface area contributed by atoms with Crippen molar-refractivity contribution < 1.29 is 9.53 Å². The van der Waals surface area contributed by atoms with Crippen LogP contribution in [-0.4, -0.2) is 43.7 Å². The van der Waals surface area contributed by atoms with Crippen LogP contribution < -0.4 is 5.32 Å². The minimum atomic E-state index is 0. The zero-order valence-corrected chi connectivity index (χ0v) is 14.0. The van der Waals surface area contributed by atoms with Crippen molar-refractivity contribution in [3.63, 3.8) is 0 Å². The van der Waals surface area contributed by atoms with E-state index < -0.39 is 0 Å². The lowest BCUT2D eigenvalue weighted by Crippen LogP contribution is -2.51. The monoisotopic (exact) mass is 344 g/mol. The van der Waals surface area contributed by atoms with Gasteiger partial charge in [0.15, 0.2) is 0 Å². The molecule has 1 aromatic carbocycles. The van der Waals surface area contributed by atoms with Gasteiger partial charge in [-0.25, -0.2) is 0 Å². The average Bonchev–Trinajstić information content (AvgIpc) is 2.55. The first-order valence-corrected chi connectivity index (χ1v) is 7.98. The van der Waals surface area contributed by atoms with Crippen molar-refractivity contribution >= 4 is 29.9 Å². The van der Waals surface area contributed by atoms with Crippen LogP contribution in [0, 0.1) is 5.92 Å². The molecule has 2 heterocycles. The zero-order valence-electron chi connectivity index (χ0n) is 12.5. The predicted octanol–water partition coefficient (Wildman–Crippen LogP) is 2.66. The minimum absolute atomic E-state index is 0. The molecule has 1 atom stereocenters. The Morgan fingerprint density at radius 2 is 2.09 bits per heavy atom. The number of nitrogens with one attached hydrogen (secondary N) is 1. The molecular formula is C16H22Cl2N2O2. The lowest BCUT2D eigenvalue weighted by molar-refractivity contribution is -0.142. The molecule has 0 spiro atoms. The summed E-state index contributed by atoms with van der Waals surface area (Å²) in [5.41, 5.74) is 1.11.